The maximum atomic E-state index is 14.4. The first-order valence-corrected chi connectivity index (χ1v) is 11.2. The lowest BCUT2D eigenvalue weighted by Crippen LogP contribution is -2.55. The molecule has 0 spiro atoms. The molecule has 2 heterocycles. The number of aliphatic hydroxyl groups excluding tert-OH is 1. The molecule has 10 nitrogen and oxygen atoms in total. The Labute approximate surface area is 201 Å². The first-order valence-electron chi connectivity index (χ1n) is 11.2. The highest BCUT2D eigenvalue weighted by Crippen LogP contribution is 2.25. The summed E-state index contributed by atoms with van der Waals surface area (Å²) in [7, 11) is 0. The molecule has 2 unspecified atom stereocenters. The highest BCUT2D eigenvalue weighted by Gasteiger charge is 2.39. The van der Waals surface area contributed by atoms with E-state index in [4.69, 9.17) is 15.9 Å². The van der Waals surface area contributed by atoms with Crippen molar-refractivity contribution in [3.8, 4) is 0 Å². The van der Waals surface area contributed by atoms with E-state index in [9.17, 15) is 23.9 Å². The molecule has 2 fully saturated rings. The number of carbonyl (C=O) groups is 3. The summed E-state index contributed by atoms with van der Waals surface area (Å²) in [6.45, 7) is 1.26. The number of likely N-dealkylation sites (tertiary alicyclic amines) is 1. The Bertz CT molecular complexity index is 1150. The van der Waals surface area contributed by atoms with Crippen LogP contribution in [0.2, 0.25) is 0 Å². The fraction of sp³-hybridized carbons (Fsp3) is 0.333. The number of hydrogen-bond donors (Lipinski definition) is 4. The molecule has 2 saturated heterocycles. The number of amides is 3. The Morgan fingerprint density at radius 2 is 1.80 bits per heavy atom. The van der Waals surface area contributed by atoms with Crippen LogP contribution in [0.1, 0.15) is 28.8 Å². The Hall–Kier alpha value is -3.83. The molecule has 35 heavy (non-hydrogen) atoms. The van der Waals surface area contributed by atoms with Gasteiger partial charge in [-0.1, -0.05) is 0 Å². The van der Waals surface area contributed by atoms with Crippen LogP contribution in [0.3, 0.4) is 0 Å². The van der Waals surface area contributed by atoms with E-state index in [-0.39, 0.29) is 36.1 Å². The van der Waals surface area contributed by atoms with Gasteiger partial charge in [0, 0.05) is 42.1 Å². The summed E-state index contributed by atoms with van der Waals surface area (Å²) in [5.41, 5.74) is 6.48. The van der Waals surface area contributed by atoms with Crippen LogP contribution in [0, 0.1) is 11.2 Å². The lowest BCUT2D eigenvalue weighted by atomic mass is 10.1. The van der Waals surface area contributed by atoms with Crippen molar-refractivity contribution in [2.24, 2.45) is 5.73 Å². The van der Waals surface area contributed by atoms with Gasteiger partial charge in [0.25, 0.3) is 17.7 Å². The number of benzene rings is 2. The van der Waals surface area contributed by atoms with Gasteiger partial charge >= 0.3 is 0 Å². The summed E-state index contributed by atoms with van der Waals surface area (Å²) in [4.78, 5) is 41.2. The molecule has 11 heteroatoms. The van der Waals surface area contributed by atoms with Crippen LogP contribution in [0.15, 0.2) is 42.5 Å². The zero-order valence-corrected chi connectivity index (χ0v) is 18.9. The van der Waals surface area contributed by atoms with Crippen LogP contribution >= 0.6 is 0 Å². The average molecular weight is 484 g/mol. The van der Waals surface area contributed by atoms with Gasteiger partial charge < -0.3 is 30.7 Å². The van der Waals surface area contributed by atoms with Gasteiger partial charge in [-0.2, -0.15) is 0 Å². The van der Waals surface area contributed by atoms with Gasteiger partial charge in [-0.05, 0) is 55.3 Å². The number of morpholine rings is 1. The highest BCUT2D eigenvalue weighted by atomic mass is 19.1. The zero-order chi connectivity index (χ0) is 25.1. The minimum Gasteiger partial charge on any atom is -0.384 e. The van der Waals surface area contributed by atoms with Gasteiger partial charge in [0.1, 0.15) is 11.7 Å². The standard InChI is InChI=1S/C24H26FN5O5/c25-16-11-15(23(33)29-7-1-2-8-29)12-18(13-16)30-9-10-35-20(24(30)34)19(31)22(32)28-17-5-3-14(4-6-17)21(26)27/h3-6,11-13,19-20,31H,1-2,7-10H2,(H3,26,27)(H,28,32). The Balaban J connectivity index is 1.48. The lowest BCUT2D eigenvalue weighted by Gasteiger charge is -2.34. The third-order valence-corrected chi connectivity index (χ3v) is 5.98. The third-order valence-electron chi connectivity index (χ3n) is 5.98. The molecule has 0 aliphatic carbocycles. The fourth-order valence-corrected chi connectivity index (χ4v) is 4.13. The number of nitrogens with two attached hydrogens (primary N) is 1. The van der Waals surface area contributed by atoms with E-state index in [0.717, 1.165) is 25.0 Å². The van der Waals surface area contributed by atoms with E-state index in [0.29, 0.717) is 24.3 Å². The number of halogens is 1. The number of aliphatic hydroxyl groups is 1. The summed E-state index contributed by atoms with van der Waals surface area (Å²) in [5, 5.41) is 20.4. The summed E-state index contributed by atoms with van der Waals surface area (Å²) < 4.78 is 19.8. The van der Waals surface area contributed by atoms with Crippen molar-refractivity contribution in [1.82, 2.24) is 4.90 Å². The second kappa shape index (κ2) is 10.2. The van der Waals surface area contributed by atoms with Crippen molar-refractivity contribution in [3.05, 3.63) is 59.4 Å². The van der Waals surface area contributed by atoms with Crippen molar-refractivity contribution in [1.29, 1.82) is 5.41 Å². The second-order valence-electron chi connectivity index (χ2n) is 8.40. The summed E-state index contributed by atoms with van der Waals surface area (Å²) in [6.07, 6.45) is -1.57. The summed E-state index contributed by atoms with van der Waals surface area (Å²) in [5.74, 6) is -2.71. The second-order valence-corrected chi connectivity index (χ2v) is 8.40. The minimum atomic E-state index is -1.84. The van der Waals surface area contributed by atoms with E-state index in [1.165, 1.54) is 35.2 Å². The predicted molar refractivity (Wildman–Crippen MR) is 126 cm³/mol. The SMILES string of the molecule is N=C(N)c1ccc(NC(=O)C(O)C2OCCN(c3cc(F)cc(C(=O)N4CCCC4)c3)C2=O)cc1. The lowest BCUT2D eigenvalue weighted by molar-refractivity contribution is -0.150. The number of nitrogen functional groups attached to an aromatic ring is 1. The number of rotatable bonds is 6. The first kappa shape index (κ1) is 24.3. The summed E-state index contributed by atoms with van der Waals surface area (Å²) in [6, 6.07) is 9.76. The Kier molecular flexibility index (Phi) is 7.08. The number of hydrogen-bond acceptors (Lipinski definition) is 6. The van der Waals surface area contributed by atoms with E-state index in [2.05, 4.69) is 5.32 Å². The fourth-order valence-electron chi connectivity index (χ4n) is 4.13. The third kappa shape index (κ3) is 5.31. The molecule has 3 amide bonds. The van der Waals surface area contributed by atoms with Crippen LogP contribution in [0.25, 0.3) is 0 Å². The van der Waals surface area contributed by atoms with E-state index in [1.54, 1.807) is 4.90 Å². The molecule has 2 atom stereocenters. The van der Waals surface area contributed by atoms with Crippen molar-refractivity contribution in [2.75, 3.05) is 36.5 Å². The average Bonchev–Trinajstić information content (AvgIpc) is 3.38. The molecule has 2 aliphatic rings. The topological polar surface area (TPSA) is 149 Å². The number of anilines is 2. The highest BCUT2D eigenvalue weighted by molar-refractivity contribution is 6.05. The molecule has 0 saturated carbocycles. The molecule has 0 bridgehead atoms. The molecule has 4 rings (SSSR count). The van der Waals surface area contributed by atoms with Gasteiger partial charge in [0.2, 0.25) is 0 Å². The smallest absolute Gasteiger partial charge is 0.259 e. The molecular weight excluding hydrogens is 457 g/mol. The van der Waals surface area contributed by atoms with Crippen molar-refractivity contribution in [2.45, 2.75) is 25.0 Å². The maximum absolute atomic E-state index is 14.4. The van der Waals surface area contributed by atoms with Gasteiger partial charge in [-0.15, -0.1) is 0 Å². The van der Waals surface area contributed by atoms with Crippen LogP contribution < -0.4 is 16.0 Å². The number of ether oxygens (including phenoxy) is 1. The van der Waals surface area contributed by atoms with Gasteiger partial charge in [-0.3, -0.25) is 19.8 Å². The number of carbonyl (C=O) groups excluding carboxylic acids is 3. The number of nitrogens with one attached hydrogen (secondary N) is 2. The molecule has 5 N–H and O–H groups in total. The van der Waals surface area contributed by atoms with Gasteiger partial charge in [0.15, 0.2) is 12.2 Å². The maximum Gasteiger partial charge on any atom is 0.259 e. The number of nitrogens with zero attached hydrogens (tertiary/aromatic N) is 2. The van der Waals surface area contributed by atoms with Crippen LogP contribution in [-0.4, -0.2) is 72.0 Å². The van der Waals surface area contributed by atoms with Crippen LogP contribution in [0.5, 0.6) is 0 Å². The molecular formula is C24H26FN5O5. The minimum absolute atomic E-state index is 0.0000265. The van der Waals surface area contributed by atoms with Crippen LogP contribution in [-0.2, 0) is 14.3 Å². The molecule has 0 radical (unpaired) electrons. The van der Waals surface area contributed by atoms with Crippen LogP contribution in [0.4, 0.5) is 15.8 Å². The molecule has 2 aliphatic heterocycles. The molecule has 2 aromatic carbocycles. The monoisotopic (exact) mass is 483 g/mol. The number of amidine groups is 1. The van der Waals surface area contributed by atoms with Crippen molar-refractivity contribution in [3.63, 3.8) is 0 Å². The Morgan fingerprint density at radius 3 is 2.46 bits per heavy atom. The predicted octanol–water partition coefficient (Wildman–Crippen LogP) is 1.08. The quantitative estimate of drug-likeness (QED) is 0.357. The summed E-state index contributed by atoms with van der Waals surface area (Å²) >= 11 is 0. The molecule has 184 valence electrons. The van der Waals surface area contributed by atoms with E-state index < -0.39 is 29.8 Å². The Morgan fingerprint density at radius 1 is 1.11 bits per heavy atom. The normalized spacial score (nSPS) is 18.9. The van der Waals surface area contributed by atoms with Crippen molar-refractivity contribution < 1.29 is 28.6 Å². The zero-order valence-electron chi connectivity index (χ0n) is 18.9. The van der Waals surface area contributed by atoms with Gasteiger partial charge in [0.05, 0.1) is 6.61 Å². The van der Waals surface area contributed by atoms with E-state index in [1.807, 2.05) is 0 Å². The van der Waals surface area contributed by atoms with Crippen molar-refractivity contribution >= 4 is 34.9 Å². The first-order chi connectivity index (χ1) is 16.7. The molecule has 0 aromatic heterocycles. The van der Waals surface area contributed by atoms with Gasteiger partial charge in [-0.25, -0.2) is 4.39 Å². The van der Waals surface area contributed by atoms with E-state index >= 15 is 0 Å². The molecule has 2 aromatic rings. The largest absolute Gasteiger partial charge is 0.384 e.